The zero-order valence-corrected chi connectivity index (χ0v) is 10.2. The van der Waals surface area contributed by atoms with Crippen LogP contribution in [0.3, 0.4) is 0 Å². The van der Waals surface area contributed by atoms with Crippen LogP contribution in [-0.4, -0.2) is 51.9 Å². The van der Waals surface area contributed by atoms with Crippen LogP contribution in [0, 0.1) is 0 Å². The van der Waals surface area contributed by atoms with Crippen LogP contribution in [0.4, 0.5) is 0 Å². The maximum absolute atomic E-state index is 11.5. The number of carbonyl (C=O) groups excluding carboxylic acids is 2. The number of carboxylic acid groups (broad SMARTS) is 1. The van der Waals surface area contributed by atoms with E-state index in [9.17, 15) is 14.4 Å². The maximum atomic E-state index is 11.5. The van der Waals surface area contributed by atoms with E-state index in [0.717, 1.165) is 6.42 Å². The Morgan fingerprint density at radius 3 is 2.53 bits per heavy atom. The molecule has 17 heavy (non-hydrogen) atoms. The summed E-state index contributed by atoms with van der Waals surface area (Å²) >= 11 is 0. The number of nitrogens with zero attached hydrogens (tertiary/aromatic N) is 2. The molecule has 1 aliphatic heterocycles. The second kappa shape index (κ2) is 5.65. The summed E-state index contributed by atoms with van der Waals surface area (Å²) in [5, 5.41) is 9.04. The molecule has 0 bridgehead atoms. The van der Waals surface area contributed by atoms with Crippen LogP contribution in [-0.2, 0) is 14.4 Å². The van der Waals surface area contributed by atoms with Gasteiger partial charge < -0.3 is 14.9 Å². The Kier molecular flexibility index (Phi) is 4.48. The third-order valence-corrected chi connectivity index (χ3v) is 2.95. The monoisotopic (exact) mass is 242 g/mol. The van der Waals surface area contributed by atoms with E-state index < -0.39 is 12.0 Å². The van der Waals surface area contributed by atoms with Crippen molar-refractivity contribution in [2.24, 2.45) is 0 Å². The first-order chi connectivity index (χ1) is 7.97. The molecule has 0 unspecified atom stereocenters. The molecule has 2 amide bonds. The summed E-state index contributed by atoms with van der Waals surface area (Å²) in [5.74, 6) is -1.37. The molecule has 6 nitrogen and oxygen atoms in total. The average molecular weight is 242 g/mol. The predicted molar refractivity (Wildman–Crippen MR) is 60.0 cm³/mol. The molecular weight excluding hydrogens is 224 g/mol. The highest BCUT2D eigenvalue weighted by Crippen LogP contribution is 2.13. The molecule has 0 aromatic rings. The van der Waals surface area contributed by atoms with Gasteiger partial charge in [-0.15, -0.1) is 0 Å². The summed E-state index contributed by atoms with van der Waals surface area (Å²) in [7, 11) is 0. The Hall–Kier alpha value is -1.59. The Bertz CT molecular complexity index is 329. The van der Waals surface area contributed by atoms with Crippen molar-refractivity contribution in [1.82, 2.24) is 9.80 Å². The second-order valence-electron chi connectivity index (χ2n) is 4.15. The van der Waals surface area contributed by atoms with Gasteiger partial charge in [0.1, 0.15) is 6.04 Å². The lowest BCUT2D eigenvalue weighted by Gasteiger charge is -2.31. The molecule has 6 heteroatoms. The fourth-order valence-corrected chi connectivity index (χ4v) is 1.98. The van der Waals surface area contributed by atoms with Crippen molar-refractivity contribution >= 4 is 17.8 Å². The van der Waals surface area contributed by atoms with Gasteiger partial charge in [0.15, 0.2) is 0 Å². The van der Waals surface area contributed by atoms with Crippen LogP contribution in [0.5, 0.6) is 0 Å². The number of hydrogen-bond donors (Lipinski definition) is 1. The highest BCUT2D eigenvalue weighted by Gasteiger charge is 2.30. The quantitative estimate of drug-likeness (QED) is 0.751. The number of aliphatic carboxylic acids is 1. The van der Waals surface area contributed by atoms with Crippen molar-refractivity contribution in [3.8, 4) is 0 Å². The summed E-state index contributed by atoms with van der Waals surface area (Å²) in [6, 6.07) is -0.860. The molecule has 0 aromatic carbocycles. The van der Waals surface area contributed by atoms with E-state index in [1.165, 1.54) is 16.7 Å². The number of likely N-dealkylation sites (tertiary alicyclic amines) is 1. The highest BCUT2D eigenvalue weighted by molar-refractivity contribution is 5.83. The topological polar surface area (TPSA) is 77.9 Å². The molecule has 96 valence electrons. The standard InChI is InChI=1S/C11H18N2O4/c1-3-9(11(16)17)13(8(2)14)7-12-6-4-5-10(12)15/h9H,3-7H2,1-2H3,(H,16,17)/t9-/m1/s1. The van der Waals surface area contributed by atoms with Crippen molar-refractivity contribution in [1.29, 1.82) is 0 Å². The van der Waals surface area contributed by atoms with Gasteiger partial charge in [0.05, 0.1) is 6.67 Å². The molecule has 0 aromatic heterocycles. The average Bonchev–Trinajstić information content (AvgIpc) is 2.63. The predicted octanol–water partition coefficient (Wildman–Crippen LogP) is 0.278. The third kappa shape index (κ3) is 3.18. The molecule has 1 heterocycles. The first kappa shape index (κ1) is 13.5. The molecule has 1 rings (SSSR count). The van der Waals surface area contributed by atoms with Crippen molar-refractivity contribution in [3.05, 3.63) is 0 Å². The zero-order valence-electron chi connectivity index (χ0n) is 10.2. The fraction of sp³-hybridized carbons (Fsp3) is 0.727. The Morgan fingerprint density at radius 1 is 1.53 bits per heavy atom. The van der Waals surface area contributed by atoms with Gasteiger partial charge in [0.2, 0.25) is 11.8 Å². The van der Waals surface area contributed by atoms with Gasteiger partial charge in [-0.2, -0.15) is 0 Å². The van der Waals surface area contributed by atoms with Crippen LogP contribution < -0.4 is 0 Å². The molecular formula is C11H18N2O4. The third-order valence-electron chi connectivity index (χ3n) is 2.95. The van der Waals surface area contributed by atoms with E-state index in [-0.39, 0.29) is 18.5 Å². The molecule has 1 saturated heterocycles. The van der Waals surface area contributed by atoms with Gasteiger partial charge in [0.25, 0.3) is 0 Å². The largest absolute Gasteiger partial charge is 0.480 e. The molecule has 0 radical (unpaired) electrons. The van der Waals surface area contributed by atoms with E-state index in [1.54, 1.807) is 6.92 Å². The van der Waals surface area contributed by atoms with Crippen LogP contribution in [0.15, 0.2) is 0 Å². The summed E-state index contributed by atoms with van der Waals surface area (Å²) in [6.45, 7) is 3.71. The molecule has 1 atom stereocenters. The summed E-state index contributed by atoms with van der Waals surface area (Å²) in [5.41, 5.74) is 0. The molecule has 0 aliphatic carbocycles. The maximum Gasteiger partial charge on any atom is 0.326 e. The van der Waals surface area contributed by atoms with Crippen molar-refractivity contribution in [3.63, 3.8) is 0 Å². The normalized spacial score (nSPS) is 17.1. The molecule has 0 saturated carbocycles. The van der Waals surface area contributed by atoms with Crippen molar-refractivity contribution in [2.75, 3.05) is 13.2 Å². The molecule has 0 spiro atoms. The SMILES string of the molecule is CC[C@H](C(=O)O)N(CN1CCCC1=O)C(C)=O. The number of rotatable bonds is 5. The molecule has 1 fully saturated rings. The van der Waals surface area contributed by atoms with Gasteiger partial charge in [-0.3, -0.25) is 9.59 Å². The lowest BCUT2D eigenvalue weighted by atomic mass is 10.2. The smallest absolute Gasteiger partial charge is 0.326 e. The van der Waals surface area contributed by atoms with E-state index in [2.05, 4.69) is 0 Å². The number of carbonyl (C=O) groups is 3. The number of carboxylic acids is 1. The summed E-state index contributed by atoms with van der Waals surface area (Å²) < 4.78 is 0. The van der Waals surface area contributed by atoms with Gasteiger partial charge in [-0.25, -0.2) is 4.79 Å². The number of amides is 2. The summed E-state index contributed by atoms with van der Waals surface area (Å²) in [6.07, 6.45) is 1.58. The molecule has 1 N–H and O–H groups in total. The first-order valence-electron chi connectivity index (χ1n) is 5.75. The van der Waals surface area contributed by atoms with Gasteiger partial charge in [-0.1, -0.05) is 6.92 Å². The minimum atomic E-state index is -1.03. The Balaban J connectivity index is 2.75. The number of hydrogen-bond acceptors (Lipinski definition) is 3. The molecule has 1 aliphatic rings. The second-order valence-corrected chi connectivity index (χ2v) is 4.15. The first-order valence-corrected chi connectivity index (χ1v) is 5.75. The summed E-state index contributed by atoms with van der Waals surface area (Å²) in [4.78, 5) is 36.7. The van der Waals surface area contributed by atoms with Crippen molar-refractivity contribution in [2.45, 2.75) is 39.2 Å². The van der Waals surface area contributed by atoms with Crippen molar-refractivity contribution < 1.29 is 19.5 Å². The van der Waals surface area contributed by atoms with Gasteiger partial charge in [0, 0.05) is 19.9 Å². The van der Waals surface area contributed by atoms with Crippen LogP contribution in [0.1, 0.15) is 33.1 Å². The Labute approximate surface area is 100 Å². The minimum absolute atomic E-state index is 0.0171. The lowest BCUT2D eigenvalue weighted by molar-refractivity contribution is -0.153. The van der Waals surface area contributed by atoms with Crippen LogP contribution in [0.25, 0.3) is 0 Å². The Morgan fingerprint density at radius 2 is 2.18 bits per heavy atom. The lowest BCUT2D eigenvalue weighted by Crippen LogP contribution is -2.49. The van der Waals surface area contributed by atoms with Gasteiger partial charge >= 0.3 is 5.97 Å². The van der Waals surface area contributed by atoms with E-state index in [4.69, 9.17) is 5.11 Å². The zero-order chi connectivity index (χ0) is 13.0. The van der Waals surface area contributed by atoms with E-state index >= 15 is 0 Å². The highest BCUT2D eigenvalue weighted by atomic mass is 16.4. The minimum Gasteiger partial charge on any atom is -0.480 e. The van der Waals surface area contributed by atoms with E-state index in [1.807, 2.05) is 0 Å². The van der Waals surface area contributed by atoms with E-state index in [0.29, 0.717) is 19.4 Å². The van der Waals surface area contributed by atoms with Crippen LogP contribution >= 0.6 is 0 Å². The van der Waals surface area contributed by atoms with Crippen LogP contribution in [0.2, 0.25) is 0 Å². The fourth-order valence-electron chi connectivity index (χ4n) is 1.98. The van der Waals surface area contributed by atoms with Gasteiger partial charge in [-0.05, 0) is 12.8 Å².